The van der Waals surface area contributed by atoms with Gasteiger partial charge in [0.1, 0.15) is 11.0 Å². The first-order chi connectivity index (χ1) is 29.4. The van der Waals surface area contributed by atoms with Crippen molar-refractivity contribution in [3.05, 3.63) is 208 Å². The molecule has 2 aliphatic rings. The highest BCUT2D eigenvalue weighted by Crippen LogP contribution is 2.52. The number of para-hydroxylation sites is 1. The Morgan fingerprint density at radius 1 is 0.633 bits per heavy atom. The normalized spacial score (nSPS) is 14.1. The van der Waals surface area contributed by atoms with Gasteiger partial charge in [0.25, 0.3) is 0 Å². The second kappa shape index (κ2) is 13.9. The summed E-state index contributed by atoms with van der Waals surface area (Å²) in [6.07, 6.45) is 6.12. The van der Waals surface area contributed by atoms with Crippen LogP contribution in [0.4, 0.5) is 17.1 Å². The van der Waals surface area contributed by atoms with Crippen LogP contribution in [0.1, 0.15) is 81.2 Å². The van der Waals surface area contributed by atoms with E-state index >= 15 is 0 Å². The number of fused-ring (bicyclic) bond motifs is 8. The number of hydrogen-bond donors (Lipinski definition) is 0. The predicted octanol–water partition coefficient (Wildman–Crippen LogP) is 14.0. The van der Waals surface area contributed by atoms with Crippen molar-refractivity contribution in [3.8, 4) is 11.1 Å². The van der Waals surface area contributed by atoms with Crippen LogP contribution in [0.25, 0.3) is 55.3 Å². The van der Waals surface area contributed by atoms with Gasteiger partial charge in [0.05, 0.1) is 11.4 Å². The van der Waals surface area contributed by atoms with Crippen LogP contribution in [0, 0.1) is 12.1 Å². The van der Waals surface area contributed by atoms with Crippen molar-refractivity contribution < 1.29 is 4.42 Å². The first kappa shape index (κ1) is 36.3. The quantitative estimate of drug-likeness (QED) is 0.153. The average molecular weight is 774 g/mol. The second-order valence-corrected chi connectivity index (χ2v) is 17.2. The highest BCUT2D eigenvalue weighted by Gasteiger charge is 2.37. The van der Waals surface area contributed by atoms with E-state index in [1.807, 2.05) is 0 Å². The van der Waals surface area contributed by atoms with Crippen molar-refractivity contribution in [2.45, 2.75) is 64.2 Å². The van der Waals surface area contributed by atoms with Crippen LogP contribution in [-0.4, -0.2) is 0 Å². The van der Waals surface area contributed by atoms with E-state index in [1.165, 1.54) is 76.7 Å². The third kappa shape index (κ3) is 5.42. The minimum Gasteiger partial charge on any atom is -0.456 e. The third-order valence-corrected chi connectivity index (χ3v) is 13.9. The highest BCUT2D eigenvalue weighted by atomic mass is 16.3. The molecule has 11 rings (SSSR count). The molecule has 290 valence electrons. The van der Waals surface area contributed by atoms with Crippen molar-refractivity contribution in [1.29, 1.82) is 0 Å². The maximum Gasteiger partial charge on any atom is 0.138 e. The molecule has 0 amide bonds. The summed E-state index contributed by atoms with van der Waals surface area (Å²) >= 11 is 0. The Morgan fingerprint density at radius 2 is 1.33 bits per heavy atom. The predicted molar refractivity (Wildman–Crippen MR) is 251 cm³/mol. The molecular formula is C58H47NO. The van der Waals surface area contributed by atoms with Crippen LogP contribution in [0.15, 0.2) is 162 Å². The van der Waals surface area contributed by atoms with Gasteiger partial charge in [-0.2, -0.15) is 0 Å². The summed E-state index contributed by atoms with van der Waals surface area (Å²) in [6.45, 7) is 9.33. The molecule has 9 aromatic rings. The van der Waals surface area contributed by atoms with E-state index in [0.717, 1.165) is 53.7 Å². The molecule has 0 spiro atoms. The van der Waals surface area contributed by atoms with Crippen LogP contribution >= 0.6 is 0 Å². The molecule has 1 heterocycles. The molecule has 0 atom stereocenters. The summed E-state index contributed by atoms with van der Waals surface area (Å²) in [5.74, 6) is 0. The number of benzene rings is 7. The van der Waals surface area contributed by atoms with E-state index < -0.39 is 0 Å². The number of rotatable bonds is 8. The van der Waals surface area contributed by atoms with Gasteiger partial charge in [0.15, 0.2) is 0 Å². The van der Waals surface area contributed by atoms with Gasteiger partial charge in [-0.1, -0.05) is 149 Å². The van der Waals surface area contributed by atoms with Gasteiger partial charge in [-0.3, -0.25) is 0 Å². The summed E-state index contributed by atoms with van der Waals surface area (Å²) in [4.78, 5) is 2.43. The molecule has 60 heavy (non-hydrogen) atoms. The molecule has 0 aliphatic heterocycles. The van der Waals surface area contributed by atoms with Gasteiger partial charge >= 0.3 is 0 Å². The lowest BCUT2D eigenvalue weighted by atomic mass is 9.71. The summed E-state index contributed by atoms with van der Waals surface area (Å²) in [5, 5.41) is 7.32. The summed E-state index contributed by atoms with van der Waals surface area (Å²) in [5.41, 5.74) is 15.0. The Bertz CT molecular complexity index is 3250. The molecule has 2 heteroatoms. The number of furan rings is 1. The average Bonchev–Trinajstić information content (AvgIpc) is 3.78. The van der Waals surface area contributed by atoms with E-state index in [2.05, 4.69) is 209 Å². The Morgan fingerprint density at radius 3 is 2.10 bits per heavy atom. The van der Waals surface area contributed by atoms with E-state index in [1.54, 1.807) is 0 Å². The largest absolute Gasteiger partial charge is 0.456 e. The van der Waals surface area contributed by atoms with E-state index in [4.69, 9.17) is 4.42 Å². The molecule has 0 fully saturated rings. The van der Waals surface area contributed by atoms with E-state index in [-0.39, 0.29) is 10.8 Å². The van der Waals surface area contributed by atoms with E-state index in [9.17, 15) is 0 Å². The Hall–Kier alpha value is -6.82. The first-order valence-electron chi connectivity index (χ1n) is 21.6. The van der Waals surface area contributed by atoms with Crippen molar-refractivity contribution in [2.75, 3.05) is 4.90 Å². The number of hydrogen-bond acceptors (Lipinski definition) is 2. The molecule has 0 unspecified atom stereocenters. The minimum atomic E-state index is -0.160. The first-order valence-corrected chi connectivity index (χ1v) is 21.6. The Kier molecular flexibility index (Phi) is 8.40. The Labute approximate surface area is 352 Å². The molecular weight excluding hydrogens is 727 g/mol. The maximum absolute atomic E-state index is 6.83. The lowest BCUT2D eigenvalue weighted by Gasteiger charge is -2.32. The standard InChI is InChI=1S/C58H47NO/c1-5-58(6-2,41-20-8-7-9-21-41)42-28-30-43(31-29-42)59(44-32-33-51-50(37-44)49-35-39-18-10-11-19-40(39)36-52(49)57(51,3)4)53-34-27-38-17-12-13-22-45(38)55(53)48-25-16-24-47-46-23-14-15-26-54(46)60-56(47)48/h7-15,17-24,26-28,30,32-37H,5-6,16,25H2,1-4H3. The van der Waals surface area contributed by atoms with Gasteiger partial charge in [0, 0.05) is 43.8 Å². The summed E-state index contributed by atoms with van der Waals surface area (Å²) in [7, 11) is 0. The summed E-state index contributed by atoms with van der Waals surface area (Å²) < 4.78 is 6.83. The van der Waals surface area contributed by atoms with Gasteiger partial charge < -0.3 is 9.32 Å². The van der Waals surface area contributed by atoms with Gasteiger partial charge in [0.2, 0.25) is 0 Å². The zero-order chi connectivity index (χ0) is 40.6. The SMILES string of the molecule is CCC(CC)(c1c#cc(N(c2ccc3c(c2)-c2cc4ccccc4cc2C3(C)C)c2ccc3ccccc3c2C2=c3oc4ccccc4c3=CCC2)cc1)c1ccccc1. The molecule has 0 saturated carbocycles. The van der Waals surface area contributed by atoms with Crippen molar-refractivity contribution in [2.24, 2.45) is 0 Å². The molecule has 0 saturated heterocycles. The van der Waals surface area contributed by atoms with Crippen LogP contribution in [0.5, 0.6) is 0 Å². The van der Waals surface area contributed by atoms with Gasteiger partial charge in [-0.15, -0.1) is 0 Å². The monoisotopic (exact) mass is 773 g/mol. The zero-order valence-electron chi connectivity index (χ0n) is 34.8. The molecule has 1 aromatic heterocycles. The lowest BCUT2D eigenvalue weighted by Crippen LogP contribution is -2.27. The van der Waals surface area contributed by atoms with Crippen LogP contribution < -0.4 is 15.5 Å². The third-order valence-electron chi connectivity index (χ3n) is 13.9. The van der Waals surface area contributed by atoms with Gasteiger partial charge in [-0.25, -0.2) is 0 Å². The van der Waals surface area contributed by atoms with Crippen molar-refractivity contribution >= 4 is 61.2 Å². The fourth-order valence-electron chi connectivity index (χ4n) is 10.7. The van der Waals surface area contributed by atoms with Crippen molar-refractivity contribution in [1.82, 2.24) is 0 Å². The fourth-order valence-corrected chi connectivity index (χ4v) is 10.7. The number of anilines is 3. The van der Waals surface area contributed by atoms with Crippen LogP contribution in [-0.2, 0) is 10.8 Å². The second-order valence-electron chi connectivity index (χ2n) is 17.2. The molecule has 2 nitrogen and oxygen atoms in total. The van der Waals surface area contributed by atoms with Crippen LogP contribution in [0.2, 0.25) is 0 Å². The molecule has 0 bridgehead atoms. The smallest absolute Gasteiger partial charge is 0.138 e. The maximum atomic E-state index is 6.83. The lowest BCUT2D eigenvalue weighted by molar-refractivity contribution is 0.478. The highest BCUT2D eigenvalue weighted by molar-refractivity contribution is 6.03. The topological polar surface area (TPSA) is 16.4 Å². The molecule has 8 aromatic carbocycles. The summed E-state index contributed by atoms with van der Waals surface area (Å²) in [6, 6.07) is 65.6. The van der Waals surface area contributed by atoms with Crippen LogP contribution in [0.3, 0.4) is 0 Å². The number of nitrogens with zero attached hydrogens (tertiary/aromatic N) is 1. The van der Waals surface area contributed by atoms with Crippen molar-refractivity contribution in [3.63, 3.8) is 0 Å². The van der Waals surface area contributed by atoms with Gasteiger partial charge in [-0.05, 0) is 130 Å². The molecule has 2 aliphatic carbocycles. The minimum absolute atomic E-state index is 0.138. The van der Waals surface area contributed by atoms with E-state index in [0.29, 0.717) is 0 Å². The molecule has 0 N–H and O–H groups in total. The molecule has 0 radical (unpaired) electrons. The zero-order valence-corrected chi connectivity index (χ0v) is 34.8. The Balaban J connectivity index is 1.18. The fraction of sp³-hybridized carbons (Fsp3) is 0.172.